The van der Waals surface area contributed by atoms with Crippen LogP contribution in [0.4, 0.5) is 5.00 Å². The van der Waals surface area contributed by atoms with Crippen molar-refractivity contribution >= 4 is 28.5 Å². The zero-order valence-corrected chi connectivity index (χ0v) is 16.6. The summed E-state index contributed by atoms with van der Waals surface area (Å²) in [6.45, 7) is 0.367. The summed E-state index contributed by atoms with van der Waals surface area (Å²) in [5.41, 5.74) is 2.75. The van der Waals surface area contributed by atoms with E-state index >= 15 is 0 Å². The van der Waals surface area contributed by atoms with Crippen LogP contribution in [0.2, 0.25) is 0 Å². The van der Waals surface area contributed by atoms with Gasteiger partial charge in [-0.05, 0) is 55.5 Å². The summed E-state index contributed by atoms with van der Waals surface area (Å²) < 4.78 is 10.7. The molecule has 0 aliphatic heterocycles. The molecule has 6 heteroatoms. The maximum atomic E-state index is 13.0. The number of ether oxygens (including phenoxy) is 1. The monoisotopic (exact) mass is 394 g/mol. The maximum absolute atomic E-state index is 13.0. The van der Waals surface area contributed by atoms with Crippen LogP contribution in [0.25, 0.3) is 0 Å². The van der Waals surface area contributed by atoms with Gasteiger partial charge in [0, 0.05) is 16.7 Å². The molecule has 0 fully saturated rings. The number of para-hydroxylation sites is 1. The van der Waals surface area contributed by atoms with Crippen molar-refractivity contribution in [3.63, 3.8) is 0 Å². The molecule has 0 saturated carbocycles. The third-order valence-corrected chi connectivity index (χ3v) is 6.04. The molecule has 4 rings (SSSR count). The molecule has 0 bridgehead atoms. The average molecular weight is 394 g/mol. The molecule has 0 atom stereocenters. The summed E-state index contributed by atoms with van der Waals surface area (Å²) in [6.07, 6.45) is 7.60. The van der Waals surface area contributed by atoms with E-state index in [0.717, 1.165) is 53.3 Å². The molecular formula is C22H22N2O3S. The molecule has 28 heavy (non-hydrogen) atoms. The van der Waals surface area contributed by atoms with Crippen LogP contribution in [0.1, 0.15) is 45.0 Å². The third-order valence-electron chi connectivity index (χ3n) is 4.84. The van der Waals surface area contributed by atoms with Gasteiger partial charge in [0.25, 0.3) is 5.91 Å². The molecule has 0 spiro atoms. The molecule has 1 aliphatic carbocycles. The largest absolute Gasteiger partial charge is 0.496 e. The lowest BCUT2D eigenvalue weighted by Gasteiger charge is -2.12. The lowest BCUT2D eigenvalue weighted by atomic mass is 9.95. The van der Waals surface area contributed by atoms with Crippen LogP contribution in [0.5, 0.6) is 5.75 Å². The number of furan rings is 1. The van der Waals surface area contributed by atoms with Crippen LogP contribution in [-0.2, 0) is 19.4 Å². The molecule has 1 aromatic carbocycles. The van der Waals surface area contributed by atoms with Gasteiger partial charge in [0.15, 0.2) is 0 Å². The van der Waals surface area contributed by atoms with Crippen LogP contribution in [0.3, 0.4) is 0 Å². The Labute approximate surface area is 168 Å². The highest BCUT2D eigenvalue weighted by Gasteiger charge is 2.25. The number of hydrogen-bond donors (Lipinski definition) is 1. The van der Waals surface area contributed by atoms with Gasteiger partial charge in [-0.1, -0.05) is 12.1 Å². The van der Waals surface area contributed by atoms with Gasteiger partial charge in [-0.15, -0.1) is 11.3 Å². The SMILES string of the molecule is COc1ccccc1C=Nc1sc2c(c1C(=O)NCc1ccco1)CCCC2. The van der Waals surface area contributed by atoms with Gasteiger partial charge in [-0.3, -0.25) is 4.79 Å². The third kappa shape index (κ3) is 3.87. The predicted octanol–water partition coefficient (Wildman–Crippen LogP) is 4.91. The lowest BCUT2D eigenvalue weighted by molar-refractivity contribution is 0.0948. The number of aryl methyl sites for hydroxylation is 1. The standard InChI is InChI=1S/C22H22N2O3S/c1-26-18-10-4-2-7-15(18)13-24-22-20(17-9-3-5-11-19(17)28-22)21(25)23-14-16-8-6-12-27-16/h2,4,6-8,10,12-13H,3,5,9,11,14H2,1H3,(H,23,25). The van der Waals surface area contributed by atoms with Gasteiger partial charge in [-0.25, -0.2) is 4.99 Å². The first-order valence-electron chi connectivity index (χ1n) is 9.38. The molecule has 144 valence electrons. The van der Waals surface area contributed by atoms with Gasteiger partial charge < -0.3 is 14.5 Å². The summed E-state index contributed by atoms with van der Waals surface area (Å²) in [5.74, 6) is 1.40. The molecule has 2 heterocycles. The number of benzene rings is 1. The number of aliphatic imine (C=N–C) groups is 1. The quantitative estimate of drug-likeness (QED) is 0.604. The average Bonchev–Trinajstić information content (AvgIpc) is 3.38. The zero-order valence-electron chi connectivity index (χ0n) is 15.7. The Bertz CT molecular complexity index is 989. The van der Waals surface area contributed by atoms with Gasteiger partial charge in [0.1, 0.15) is 16.5 Å². The molecule has 0 saturated heterocycles. The van der Waals surface area contributed by atoms with E-state index in [-0.39, 0.29) is 5.91 Å². The van der Waals surface area contributed by atoms with Gasteiger partial charge in [0.2, 0.25) is 0 Å². The van der Waals surface area contributed by atoms with E-state index < -0.39 is 0 Å². The van der Waals surface area contributed by atoms with Crippen molar-refractivity contribution in [2.45, 2.75) is 32.2 Å². The Morgan fingerprint density at radius 1 is 1.25 bits per heavy atom. The molecule has 5 nitrogen and oxygen atoms in total. The highest BCUT2D eigenvalue weighted by atomic mass is 32.1. The first kappa shape index (κ1) is 18.5. The molecule has 1 N–H and O–H groups in total. The minimum atomic E-state index is -0.0945. The fraction of sp³-hybridized carbons (Fsp3) is 0.273. The number of nitrogens with one attached hydrogen (secondary N) is 1. The number of amides is 1. The molecule has 0 radical (unpaired) electrons. The second-order valence-corrected chi connectivity index (χ2v) is 7.74. The van der Waals surface area contributed by atoms with E-state index in [1.165, 1.54) is 4.88 Å². The number of fused-ring (bicyclic) bond motifs is 1. The minimum absolute atomic E-state index is 0.0945. The zero-order chi connectivity index (χ0) is 19.3. The second-order valence-electron chi connectivity index (χ2n) is 6.65. The number of hydrogen-bond acceptors (Lipinski definition) is 5. The lowest BCUT2D eigenvalue weighted by Crippen LogP contribution is -2.23. The van der Waals surface area contributed by atoms with E-state index in [1.807, 2.05) is 36.4 Å². The number of methoxy groups -OCH3 is 1. The van der Waals surface area contributed by atoms with Crippen LogP contribution >= 0.6 is 11.3 Å². The van der Waals surface area contributed by atoms with Crippen LogP contribution in [0, 0.1) is 0 Å². The minimum Gasteiger partial charge on any atom is -0.496 e. The maximum Gasteiger partial charge on any atom is 0.255 e. The highest BCUT2D eigenvalue weighted by molar-refractivity contribution is 7.16. The Kier molecular flexibility index (Phi) is 5.58. The molecule has 2 aromatic heterocycles. The fourth-order valence-electron chi connectivity index (χ4n) is 3.45. The number of carbonyl (C=O) groups is 1. The van der Waals surface area contributed by atoms with Crippen LogP contribution in [-0.4, -0.2) is 19.2 Å². The summed E-state index contributed by atoms with van der Waals surface area (Å²) in [7, 11) is 1.64. The van der Waals surface area contributed by atoms with Crippen LogP contribution in [0.15, 0.2) is 52.1 Å². The summed E-state index contributed by atoms with van der Waals surface area (Å²) in [5, 5.41) is 3.73. The van der Waals surface area contributed by atoms with Crippen molar-refractivity contribution in [1.29, 1.82) is 0 Å². The Morgan fingerprint density at radius 3 is 2.93 bits per heavy atom. The molecule has 1 aliphatic rings. The number of carbonyl (C=O) groups excluding carboxylic acids is 1. The van der Waals surface area contributed by atoms with Gasteiger partial charge >= 0.3 is 0 Å². The van der Waals surface area contributed by atoms with Gasteiger partial charge in [-0.2, -0.15) is 0 Å². The second kappa shape index (κ2) is 8.44. The first-order chi connectivity index (χ1) is 13.8. The predicted molar refractivity (Wildman–Crippen MR) is 111 cm³/mol. The highest BCUT2D eigenvalue weighted by Crippen LogP contribution is 2.40. The van der Waals surface area contributed by atoms with E-state index in [1.54, 1.807) is 30.9 Å². The molecule has 1 amide bonds. The van der Waals surface area contributed by atoms with Crippen molar-refractivity contribution in [3.8, 4) is 5.75 Å². The van der Waals surface area contributed by atoms with E-state index in [2.05, 4.69) is 10.3 Å². The summed E-state index contributed by atoms with van der Waals surface area (Å²) >= 11 is 1.62. The van der Waals surface area contributed by atoms with Crippen molar-refractivity contribution < 1.29 is 13.9 Å². The van der Waals surface area contributed by atoms with E-state index in [9.17, 15) is 4.79 Å². The topological polar surface area (TPSA) is 63.8 Å². The number of nitrogens with zero attached hydrogens (tertiary/aromatic N) is 1. The first-order valence-corrected chi connectivity index (χ1v) is 10.2. The van der Waals surface area contributed by atoms with Crippen molar-refractivity contribution in [1.82, 2.24) is 5.32 Å². The fourth-order valence-corrected chi connectivity index (χ4v) is 4.68. The normalized spacial score (nSPS) is 13.5. The van der Waals surface area contributed by atoms with Gasteiger partial charge in [0.05, 0.1) is 25.5 Å². The van der Waals surface area contributed by atoms with E-state index in [0.29, 0.717) is 12.1 Å². The van der Waals surface area contributed by atoms with Crippen molar-refractivity contribution in [2.75, 3.05) is 7.11 Å². The summed E-state index contributed by atoms with van der Waals surface area (Å²) in [6, 6.07) is 11.4. The Morgan fingerprint density at radius 2 is 2.11 bits per heavy atom. The molecule has 0 unspecified atom stereocenters. The molecule has 3 aromatic rings. The van der Waals surface area contributed by atoms with Crippen molar-refractivity contribution in [3.05, 3.63) is 70.0 Å². The smallest absolute Gasteiger partial charge is 0.255 e. The van der Waals surface area contributed by atoms with Crippen LogP contribution < -0.4 is 10.1 Å². The number of rotatable bonds is 6. The van der Waals surface area contributed by atoms with E-state index in [4.69, 9.17) is 9.15 Å². The van der Waals surface area contributed by atoms with Crippen molar-refractivity contribution in [2.24, 2.45) is 4.99 Å². The molecular weight excluding hydrogens is 372 g/mol. The Hall–Kier alpha value is -2.86. The Balaban J connectivity index is 1.64. The number of thiophene rings is 1. The summed E-state index contributed by atoms with van der Waals surface area (Å²) in [4.78, 5) is 18.9.